The molecule has 6 heteroatoms. The molecule has 0 aliphatic heterocycles. The second-order valence-electron chi connectivity index (χ2n) is 3.54. The summed E-state index contributed by atoms with van der Waals surface area (Å²) in [7, 11) is 1.28. The van der Waals surface area contributed by atoms with Gasteiger partial charge >= 0.3 is 5.97 Å². The Bertz CT molecular complexity index is 423. The summed E-state index contributed by atoms with van der Waals surface area (Å²) in [5.74, 6) is -0.503. The van der Waals surface area contributed by atoms with Gasteiger partial charge in [0.2, 0.25) is 0 Å². The molecule has 0 fully saturated rings. The lowest BCUT2D eigenvalue weighted by molar-refractivity contribution is -0.145. The highest BCUT2D eigenvalue weighted by Gasteiger charge is 2.23. The molecule has 2 unspecified atom stereocenters. The van der Waals surface area contributed by atoms with E-state index in [-0.39, 0.29) is 0 Å². The summed E-state index contributed by atoms with van der Waals surface area (Å²) in [4.78, 5) is 12.3. The van der Waals surface area contributed by atoms with Gasteiger partial charge in [0.25, 0.3) is 0 Å². The van der Waals surface area contributed by atoms with Gasteiger partial charge in [-0.25, -0.2) is 0 Å². The van der Waals surface area contributed by atoms with E-state index in [2.05, 4.69) is 10.1 Å². The number of hydrogen-bond acceptors (Lipinski definition) is 6. The number of carbonyl (C=O) groups is 1. The topological polar surface area (TPSA) is 82.3 Å². The molecular weight excluding hydrogens is 240 g/mol. The van der Waals surface area contributed by atoms with Crippen LogP contribution in [0.25, 0.3) is 0 Å². The van der Waals surface area contributed by atoms with Gasteiger partial charge in [-0.3, -0.25) is 10.1 Å². The smallest absolute Gasteiger partial charge is 0.325 e. The first-order valence-electron chi connectivity index (χ1n) is 5.05. The van der Waals surface area contributed by atoms with Crippen LogP contribution in [-0.2, 0) is 16.1 Å². The normalized spacial score (nSPS) is 13.8. The van der Waals surface area contributed by atoms with Gasteiger partial charge in [-0.15, -0.1) is 11.3 Å². The van der Waals surface area contributed by atoms with Gasteiger partial charge in [-0.1, -0.05) is 0 Å². The van der Waals surface area contributed by atoms with Crippen LogP contribution in [-0.4, -0.2) is 30.3 Å². The van der Waals surface area contributed by atoms with Crippen LogP contribution in [0.3, 0.4) is 0 Å². The quantitative estimate of drug-likeness (QED) is 0.753. The average Bonchev–Trinajstić information content (AvgIpc) is 2.76. The Balaban J connectivity index is 2.58. The Kier molecular flexibility index (Phi) is 5.10. The number of ether oxygens (including phenoxy) is 1. The van der Waals surface area contributed by atoms with Crippen LogP contribution in [0.15, 0.2) is 11.4 Å². The summed E-state index contributed by atoms with van der Waals surface area (Å²) in [6, 6.07) is 3.02. The van der Waals surface area contributed by atoms with E-state index in [9.17, 15) is 9.90 Å². The highest BCUT2D eigenvalue weighted by atomic mass is 32.1. The minimum Gasteiger partial charge on any atom is -0.468 e. The maximum atomic E-state index is 11.3. The SMILES string of the molecule is COC(=O)C(NCc1cc(C#N)cs1)C(C)O. The molecule has 0 aliphatic carbocycles. The van der Waals surface area contributed by atoms with Crippen molar-refractivity contribution in [3.8, 4) is 6.07 Å². The van der Waals surface area contributed by atoms with E-state index in [4.69, 9.17) is 5.26 Å². The molecule has 5 nitrogen and oxygen atoms in total. The van der Waals surface area contributed by atoms with Crippen molar-refractivity contribution in [2.45, 2.75) is 25.6 Å². The first-order chi connectivity index (χ1) is 8.08. The summed E-state index contributed by atoms with van der Waals surface area (Å²) >= 11 is 1.43. The molecule has 1 heterocycles. The van der Waals surface area contributed by atoms with Crippen molar-refractivity contribution in [1.82, 2.24) is 5.32 Å². The zero-order chi connectivity index (χ0) is 12.8. The second-order valence-corrected chi connectivity index (χ2v) is 4.53. The number of nitriles is 1. The third-order valence-corrected chi connectivity index (χ3v) is 3.15. The Morgan fingerprint density at radius 3 is 2.94 bits per heavy atom. The van der Waals surface area contributed by atoms with Crippen LogP contribution in [0.5, 0.6) is 0 Å². The molecule has 0 radical (unpaired) electrons. The van der Waals surface area contributed by atoms with Crippen molar-refractivity contribution in [2.24, 2.45) is 0 Å². The zero-order valence-electron chi connectivity index (χ0n) is 9.64. The molecule has 0 aliphatic rings. The predicted molar refractivity (Wildman–Crippen MR) is 63.4 cm³/mol. The average molecular weight is 254 g/mol. The van der Waals surface area contributed by atoms with Crippen molar-refractivity contribution < 1.29 is 14.6 Å². The summed E-state index contributed by atoms with van der Waals surface area (Å²) < 4.78 is 4.58. The van der Waals surface area contributed by atoms with E-state index in [1.54, 1.807) is 11.4 Å². The monoisotopic (exact) mass is 254 g/mol. The standard InChI is InChI=1S/C11H14N2O3S/c1-7(14)10(11(15)16-2)13-5-9-3-8(4-12)6-17-9/h3,6-7,10,13-14H,5H2,1-2H3. The maximum absolute atomic E-state index is 11.3. The van der Waals surface area contributed by atoms with Crippen molar-refractivity contribution in [3.63, 3.8) is 0 Å². The number of carbonyl (C=O) groups excluding carboxylic acids is 1. The Morgan fingerprint density at radius 1 is 1.76 bits per heavy atom. The van der Waals surface area contributed by atoms with E-state index < -0.39 is 18.1 Å². The molecule has 1 aromatic heterocycles. The molecule has 2 atom stereocenters. The van der Waals surface area contributed by atoms with Gasteiger partial charge < -0.3 is 9.84 Å². The summed E-state index contributed by atoms with van der Waals surface area (Å²) in [6.07, 6.45) is -0.835. The first-order valence-corrected chi connectivity index (χ1v) is 5.93. The fourth-order valence-electron chi connectivity index (χ4n) is 1.32. The molecule has 17 heavy (non-hydrogen) atoms. The Labute approximate surface area is 104 Å². The lowest BCUT2D eigenvalue weighted by atomic mass is 10.2. The van der Waals surface area contributed by atoms with E-state index >= 15 is 0 Å². The predicted octanol–water partition coefficient (Wildman–Crippen LogP) is 0.632. The van der Waals surface area contributed by atoms with Crippen molar-refractivity contribution >= 4 is 17.3 Å². The summed E-state index contributed by atoms with van der Waals surface area (Å²) in [5, 5.41) is 22.7. The Hall–Kier alpha value is -1.42. The fraction of sp³-hybridized carbons (Fsp3) is 0.455. The number of rotatable bonds is 5. The molecule has 0 saturated heterocycles. The number of aliphatic hydroxyl groups excluding tert-OH is 1. The number of thiophene rings is 1. The van der Waals surface area contributed by atoms with Crippen LogP contribution in [0.4, 0.5) is 0 Å². The van der Waals surface area contributed by atoms with Crippen LogP contribution in [0, 0.1) is 11.3 Å². The largest absolute Gasteiger partial charge is 0.468 e. The highest BCUT2D eigenvalue weighted by Crippen LogP contribution is 2.13. The number of hydrogen-bond donors (Lipinski definition) is 2. The number of esters is 1. The molecule has 0 aromatic carbocycles. The second kappa shape index (κ2) is 6.35. The first kappa shape index (κ1) is 13.6. The zero-order valence-corrected chi connectivity index (χ0v) is 10.5. The molecule has 1 rings (SSSR count). The number of nitrogens with zero attached hydrogens (tertiary/aromatic N) is 1. The van der Waals surface area contributed by atoms with Gasteiger partial charge in [0, 0.05) is 16.8 Å². The van der Waals surface area contributed by atoms with Crippen molar-refractivity contribution in [2.75, 3.05) is 7.11 Å². The van der Waals surface area contributed by atoms with Gasteiger partial charge in [-0.2, -0.15) is 5.26 Å². The molecular formula is C11H14N2O3S. The third kappa shape index (κ3) is 3.82. The molecule has 1 aromatic rings. The maximum Gasteiger partial charge on any atom is 0.325 e. The van der Waals surface area contributed by atoms with E-state index in [1.165, 1.54) is 25.4 Å². The summed E-state index contributed by atoms with van der Waals surface area (Å²) in [5.41, 5.74) is 0.596. The molecule has 0 spiro atoms. The fourth-order valence-corrected chi connectivity index (χ4v) is 2.08. The minimum absolute atomic E-state index is 0.414. The summed E-state index contributed by atoms with van der Waals surface area (Å²) in [6.45, 7) is 1.93. The molecule has 0 bridgehead atoms. The lowest BCUT2D eigenvalue weighted by Gasteiger charge is -2.18. The van der Waals surface area contributed by atoms with Crippen molar-refractivity contribution in [1.29, 1.82) is 5.26 Å². The Morgan fingerprint density at radius 2 is 2.47 bits per heavy atom. The molecule has 2 N–H and O–H groups in total. The number of methoxy groups -OCH3 is 1. The number of aliphatic hydroxyl groups is 1. The van der Waals surface area contributed by atoms with Crippen molar-refractivity contribution in [3.05, 3.63) is 21.9 Å². The molecule has 0 amide bonds. The van der Waals surface area contributed by atoms with Gasteiger partial charge in [0.05, 0.1) is 18.8 Å². The third-order valence-electron chi connectivity index (χ3n) is 2.22. The minimum atomic E-state index is -0.835. The highest BCUT2D eigenvalue weighted by molar-refractivity contribution is 7.10. The lowest BCUT2D eigenvalue weighted by Crippen LogP contribution is -2.44. The van der Waals surface area contributed by atoms with E-state index in [1.807, 2.05) is 6.07 Å². The van der Waals surface area contributed by atoms with Gasteiger partial charge in [0.15, 0.2) is 0 Å². The van der Waals surface area contributed by atoms with Gasteiger partial charge in [-0.05, 0) is 13.0 Å². The van der Waals surface area contributed by atoms with Crippen LogP contribution in [0.1, 0.15) is 17.4 Å². The number of nitrogens with one attached hydrogen (secondary N) is 1. The van der Waals surface area contributed by atoms with E-state index in [0.717, 1.165) is 4.88 Å². The van der Waals surface area contributed by atoms with Crippen LogP contribution >= 0.6 is 11.3 Å². The van der Waals surface area contributed by atoms with Crippen LogP contribution < -0.4 is 5.32 Å². The molecule has 0 saturated carbocycles. The van der Waals surface area contributed by atoms with Gasteiger partial charge in [0.1, 0.15) is 12.1 Å². The van der Waals surface area contributed by atoms with E-state index in [0.29, 0.717) is 12.1 Å². The van der Waals surface area contributed by atoms with Crippen LogP contribution in [0.2, 0.25) is 0 Å². The molecule has 92 valence electrons.